The Bertz CT molecular complexity index is 1090. The molecule has 0 saturated carbocycles. The fraction of sp³-hybridized carbons (Fsp3) is 0.350. The van der Waals surface area contributed by atoms with Gasteiger partial charge in [-0.2, -0.15) is 5.01 Å². The standard InChI is InChI=1S/C20H20F2N4O4/c21-13-5-4-12(15(22)8-13)9-23-19(29)14-10-24-11-25-6-2-1-3-7-26(25)20(30)16(24)18(28)17(14)27/h4-5,8,10,28H,1-3,6-7,9,11H2,(H,23,29). The van der Waals surface area contributed by atoms with E-state index in [-0.39, 0.29) is 30.0 Å². The SMILES string of the molecule is O=C(NCc1ccc(F)cc1F)c1cn2c(c(O)c1=O)C(=O)N1CCCCCN1C2. The molecule has 1 aromatic heterocycles. The van der Waals surface area contributed by atoms with Gasteiger partial charge >= 0.3 is 0 Å². The Morgan fingerprint density at radius 1 is 1.13 bits per heavy atom. The van der Waals surface area contributed by atoms with Gasteiger partial charge in [-0.3, -0.25) is 19.4 Å². The van der Waals surface area contributed by atoms with Crippen molar-refractivity contribution in [2.75, 3.05) is 13.1 Å². The molecule has 2 aromatic rings. The van der Waals surface area contributed by atoms with Crippen molar-refractivity contribution >= 4 is 11.8 Å². The largest absolute Gasteiger partial charge is 0.503 e. The Morgan fingerprint density at radius 3 is 2.67 bits per heavy atom. The van der Waals surface area contributed by atoms with Crippen LogP contribution in [-0.2, 0) is 13.2 Å². The van der Waals surface area contributed by atoms with Crippen molar-refractivity contribution in [2.24, 2.45) is 0 Å². The van der Waals surface area contributed by atoms with Crippen molar-refractivity contribution < 1.29 is 23.5 Å². The number of hydrogen-bond acceptors (Lipinski definition) is 5. The summed E-state index contributed by atoms with van der Waals surface area (Å²) in [4.78, 5) is 37.9. The third-order valence-corrected chi connectivity index (χ3v) is 5.34. The molecule has 4 rings (SSSR count). The summed E-state index contributed by atoms with van der Waals surface area (Å²) in [5.74, 6) is -3.68. The molecular weight excluding hydrogens is 398 g/mol. The first-order valence-electron chi connectivity index (χ1n) is 9.62. The average Bonchev–Trinajstić information content (AvgIpc) is 2.95. The Morgan fingerprint density at radius 2 is 1.90 bits per heavy atom. The maximum atomic E-state index is 13.8. The quantitative estimate of drug-likeness (QED) is 0.789. The Kier molecular flexibility index (Phi) is 5.25. The lowest BCUT2D eigenvalue weighted by molar-refractivity contribution is -0.0380. The zero-order chi connectivity index (χ0) is 21.4. The van der Waals surface area contributed by atoms with Crippen molar-refractivity contribution in [3.8, 4) is 5.75 Å². The molecule has 0 bridgehead atoms. The number of fused-ring (bicyclic) bond motifs is 2. The van der Waals surface area contributed by atoms with Crippen LogP contribution in [0.15, 0.2) is 29.2 Å². The fourth-order valence-corrected chi connectivity index (χ4v) is 3.75. The van der Waals surface area contributed by atoms with Crippen molar-refractivity contribution in [1.82, 2.24) is 19.9 Å². The molecule has 30 heavy (non-hydrogen) atoms. The van der Waals surface area contributed by atoms with Crippen LogP contribution in [-0.4, -0.2) is 44.6 Å². The van der Waals surface area contributed by atoms with E-state index >= 15 is 0 Å². The molecule has 0 unspecified atom stereocenters. The second kappa shape index (κ2) is 7.86. The molecule has 0 spiro atoms. The zero-order valence-corrected chi connectivity index (χ0v) is 16.0. The summed E-state index contributed by atoms with van der Waals surface area (Å²) in [5.41, 5.74) is -1.45. The molecule has 1 fully saturated rings. The smallest absolute Gasteiger partial charge is 0.288 e. The number of nitrogens with zero attached hydrogens (tertiary/aromatic N) is 3. The lowest BCUT2D eigenvalue weighted by Crippen LogP contribution is -2.52. The van der Waals surface area contributed by atoms with E-state index in [0.29, 0.717) is 19.2 Å². The highest BCUT2D eigenvalue weighted by Crippen LogP contribution is 2.25. The van der Waals surface area contributed by atoms with Crippen LogP contribution in [0.1, 0.15) is 45.7 Å². The molecule has 2 aliphatic heterocycles. The maximum Gasteiger partial charge on any atom is 0.288 e. The van der Waals surface area contributed by atoms with E-state index < -0.39 is 34.6 Å². The fourth-order valence-electron chi connectivity index (χ4n) is 3.75. The summed E-state index contributed by atoms with van der Waals surface area (Å²) in [6, 6.07) is 2.94. The topological polar surface area (TPSA) is 94.9 Å². The second-order valence-corrected chi connectivity index (χ2v) is 7.32. The highest BCUT2D eigenvalue weighted by atomic mass is 19.1. The van der Waals surface area contributed by atoms with Crippen molar-refractivity contribution in [3.05, 3.63) is 63.1 Å². The van der Waals surface area contributed by atoms with Crippen LogP contribution in [0.5, 0.6) is 5.75 Å². The number of pyridine rings is 1. The van der Waals surface area contributed by atoms with Gasteiger partial charge in [-0.1, -0.05) is 12.5 Å². The number of benzene rings is 1. The number of carbonyl (C=O) groups excluding carboxylic acids is 2. The molecule has 3 heterocycles. The molecule has 0 radical (unpaired) electrons. The molecule has 1 saturated heterocycles. The Hall–Kier alpha value is -3.27. The zero-order valence-electron chi connectivity index (χ0n) is 16.0. The molecule has 0 aliphatic carbocycles. The first-order chi connectivity index (χ1) is 14.4. The predicted octanol–water partition coefficient (Wildman–Crippen LogP) is 1.58. The first kappa shape index (κ1) is 20.0. The van der Waals surface area contributed by atoms with Crippen molar-refractivity contribution in [2.45, 2.75) is 32.5 Å². The van der Waals surface area contributed by atoms with Crippen molar-refractivity contribution in [1.29, 1.82) is 0 Å². The van der Waals surface area contributed by atoms with Crippen LogP contribution >= 0.6 is 0 Å². The highest BCUT2D eigenvalue weighted by Gasteiger charge is 2.35. The molecule has 2 aliphatic rings. The predicted molar refractivity (Wildman–Crippen MR) is 101 cm³/mol. The van der Waals surface area contributed by atoms with Crippen molar-refractivity contribution in [3.63, 3.8) is 0 Å². The van der Waals surface area contributed by atoms with Gasteiger partial charge in [-0.05, 0) is 18.9 Å². The summed E-state index contributed by atoms with van der Waals surface area (Å²) in [5, 5.41) is 16.1. The number of nitrogens with one attached hydrogen (secondary N) is 1. The molecule has 0 atom stereocenters. The van der Waals surface area contributed by atoms with Gasteiger partial charge < -0.3 is 15.0 Å². The third kappa shape index (κ3) is 3.54. The number of aromatic hydroxyl groups is 1. The minimum Gasteiger partial charge on any atom is -0.503 e. The molecule has 2 amide bonds. The lowest BCUT2D eigenvalue weighted by atomic mass is 10.1. The number of hydrazine groups is 1. The van der Waals surface area contributed by atoms with E-state index in [2.05, 4.69) is 5.32 Å². The van der Waals surface area contributed by atoms with Gasteiger partial charge in [-0.25, -0.2) is 8.78 Å². The molecule has 1 aromatic carbocycles. The van der Waals surface area contributed by atoms with Gasteiger partial charge in [0, 0.05) is 37.5 Å². The summed E-state index contributed by atoms with van der Waals surface area (Å²) in [6.45, 7) is 1.08. The van der Waals surface area contributed by atoms with Crippen LogP contribution in [0.3, 0.4) is 0 Å². The highest BCUT2D eigenvalue weighted by molar-refractivity contribution is 5.98. The minimum atomic E-state index is -0.977. The van der Waals surface area contributed by atoms with Gasteiger partial charge in [0.2, 0.25) is 5.43 Å². The van der Waals surface area contributed by atoms with Crippen LogP contribution < -0.4 is 10.7 Å². The number of aromatic nitrogens is 1. The summed E-state index contributed by atoms with van der Waals surface area (Å²) in [7, 11) is 0. The minimum absolute atomic E-state index is 0.0439. The van der Waals surface area contributed by atoms with E-state index in [9.17, 15) is 28.3 Å². The van der Waals surface area contributed by atoms with Gasteiger partial charge in [0.15, 0.2) is 11.4 Å². The van der Waals surface area contributed by atoms with Crippen LogP contribution in [0.4, 0.5) is 8.78 Å². The molecule has 10 heteroatoms. The van der Waals surface area contributed by atoms with Gasteiger partial charge in [0.05, 0.1) is 6.67 Å². The summed E-state index contributed by atoms with van der Waals surface area (Å²) < 4.78 is 28.2. The summed E-state index contributed by atoms with van der Waals surface area (Å²) >= 11 is 0. The van der Waals surface area contributed by atoms with E-state index in [1.807, 2.05) is 5.01 Å². The summed E-state index contributed by atoms with van der Waals surface area (Å²) in [6.07, 6.45) is 3.93. The van der Waals surface area contributed by atoms with E-state index in [4.69, 9.17) is 0 Å². The number of halogens is 2. The van der Waals surface area contributed by atoms with Gasteiger partial charge in [0.1, 0.15) is 17.2 Å². The van der Waals surface area contributed by atoms with E-state index in [1.165, 1.54) is 21.8 Å². The average molecular weight is 418 g/mol. The number of carbonyl (C=O) groups is 2. The molecular formula is C20H20F2N4O4. The second-order valence-electron chi connectivity index (χ2n) is 7.32. The normalized spacial score (nSPS) is 16.6. The van der Waals surface area contributed by atoms with Crippen LogP contribution in [0.2, 0.25) is 0 Å². The van der Waals surface area contributed by atoms with Crippen LogP contribution in [0, 0.1) is 11.6 Å². The lowest BCUT2D eigenvalue weighted by Gasteiger charge is -2.39. The monoisotopic (exact) mass is 418 g/mol. The van der Waals surface area contributed by atoms with E-state index in [0.717, 1.165) is 25.3 Å². The molecule has 8 nitrogen and oxygen atoms in total. The molecule has 2 N–H and O–H groups in total. The Labute approximate surface area is 170 Å². The van der Waals surface area contributed by atoms with E-state index in [1.54, 1.807) is 0 Å². The third-order valence-electron chi connectivity index (χ3n) is 5.34. The van der Waals surface area contributed by atoms with Crippen LogP contribution in [0.25, 0.3) is 0 Å². The Balaban J connectivity index is 1.62. The molecule has 158 valence electrons. The number of amides is 2. The number of hydrogen-bond donors (Lipinski definition) is 2. The first-order valence-corrected chi connectivity index (χ1v) is 9.62. The van der Waals surface area contributed by atoms with Gasteiger partial charge in [0.25, 0.3) is 11.8 Å². The van der Waals surface area contributed by atoms with Gasteiger partial charge in [-0.15, -0.1) is 0 Å². The maximum absolute atomic E-state index is 13.8. The number of rotatable bonds is 3.